The molecule has 0 saturated carbocycles. The van der Waals surface area contributed by atoms with E-state index in [0.717, 1.165) is 27.1 Å². The number of carbonyl (C=O) groups excluding carboxylic acids is 1. The molecule has 6 heteroatoms. The van der Waals surface area contributed by atoms with Crippen molar-refractivity contribution < 1.29 is 4.79 Å². The first-order chi connectivity index (χ1) is 11.0. The molecular weight excluding hydrogens is 332 g/mol. The topological polar surface area (TPSA) is 51.1 Å². The number of hydrogen-bond donors (Lipinski definition) is 1. The molecule has 2 aromatic carbocycles. The normalized spacial score (nSPS) is 11.2. The summed E-state index contributed by atoms with van der Waals surface area (Å²) >= 11 is 7.19. The standard InChI is InChI=1S/C17H13ClN2O2S/c1-20-14-8-7-12(10-15(14)23-17(20)22)19-16(21)9-6-11-4-2-3-5-13(11)18/h2-10H,1H3,(H,19,21)/b9-6+. The monoisotopic (exact) mass is 344 g/mol. The van der Waals surface area contributed by atoms with Crippen molar-refractivity contribution in [3.63, 3.8) is 0 Å². The fourth-order valence-electron chi connectivity index (χ4n) is 2.17. The number of aromatic nitrogens is 1. The zero-order valence-corrected chi connectivity index (χ0v) is 13.8. The van der Waals surface area contributed by atoms with Crippen molar-refractivity contribution >= 4 is 50.8 Å². The lowest BCUT2D eigenvalue weighted by atomic mass is 10.2. The van der Waals surface area contributed by atoms with Gasteiger partial charge in [0.15, 0.2) is 0 Å². The fraction of sp³-hybridized carbons (Fsp3) is 0.0588. The van der Waals surface area contributed by atoms with E-state index in [1.165, 1.54) is 6.08 Å². The summed E-state index contributed by atoms with van der Waals surface area (Å²) in [5, 5.41) is 3.37. The van der Waals surface area contributed by atoms with E-state index >= 15 is 0 Å². The predicted molar refractivity (Wildman–Crippen MR) is 96.2 cm³/mol. The Hall–Kier alpha value is -2.37. The molecule has 1 N–H and O–H groups in total. The number of anilines is 1. The van der Waals surface area contributed by atoms with E-state index in [2.05, 4.69) is 5.32 Å². The Labute approximate surface area is 141 Å². The number of thiazole rings is 1. The molecule has 3 rings (SSSR count). The molecule has 0 aliphatic rings. The Morgan fingerprint density at radius 2 is 2.04 bits per heavy atom. The van der Waals surface area contributed by atoms with Gasteiger partial charge in [-0.15, -0.1) is 0 Å². The average molecular weight is 345 g/mol. The highest BCUT2D eigenvalue weighted by Gasteiger charge is 2.06. The van der Waals surface area contributed by atoms with E-state index in [9.17, 15) is 9.59 Å². The van der Waals surface area contributed by atoms with E-state index < -0.39 is 0 Å². The van der Waals surface area contributed by atoms with Gasteiger partial charge in [0.05, 0.1) is 10.2 Å². The number of fused-ring (bicyclic) bond motifs is 1. The third-order valence-electron chi connectivity index (χ3n) is 3.38. The summed E-state index contributed by atoms with van der Waals surface area (Å²) in [4.78, 5) is 23.6. The lowest BCUT2D eigenvalue weighted by Gasteiger charge is -2.03. The second-order valence-electron chi connectivity index (χ2n) is 4.95. The van der Waals surface area contributed by atoms with E-state index in [0.29, 0.717) is 10.7 Å². The number of carbonyl (C=O) groups is 1. The number of amides is 1. The number of nitrogens with one attached hydrogen (secondary N) is 1. The van der Waals surface area contributed by atoms with Crippen LogP contribution in [0.3, 0.4) is 0 Å². The first-order valence-corrected chi connectivity index (χ1v) is 8.07. The smallest absolute Gasteiger partial charge is 0.307 e. The highest BCUT2D eigenvalue weighted by atomic mass is 35.5. The van der Waals surface area contributed by atoms with Gasteiger partial charge in [-0.2, -0.15) is 0 Å². The molecule has 23 heavy (non-hydrogen) atoms. The molecule has 0 atom stereocenters. The molecule has 1 heterocycles. The highest BCUT2D eigenvalue weighted by Crippen LogP contribution is 2.21. The van der Waals surface area contributed by atoms with Gasteiger partial charge in [0.25, 0.3) is 0 Å². The summed E-state index contributed by atoms with van der Waals surface area (Å²) in [6, 6.07) is 12.7. The van der Waals surface area contributed by atoms with Gasteiger partial charge in [0.2, 0.25) is 5.91 Å². The summed E-state index contributed by atoms with van der Waals surface area (Å²) in [7, 11) is 1.73. The van der Waals surface area contributed by atoms with Crippen LogP contribution in [0.1, 0.15) is 5.56 Å². The molecule has 0 unspecified atom stereocenters. The van der Waals surface area contributed by atoms with Gasteiger partial charge in [-0.3, -0.25) is 9.59 Å². The van der Waals surface area contributed by atoms with Crippen LogP contribution in [0.5, 0.6) is 0 Å². The molecule has 4 nitrogen and oxygen atoms in total. The van der Waals surface area contributed by atoms with E-state index in [4.69, 9.17) is 11.6 Å². The van der Waals surface area contributed by atoms with Crippen molar-refractivity contribution in [3.8, 4) is 0 Å². The highest BCUT2D eigenvalue weighted by molar-refractivity contribution is 7.16. The Morgan fingerprint density at radius 1 is 1.26 bits per heavy atom. The second kappa shape index (κ2) is 6.40. The summed E-state index contributed by atoms with van der Waals surface area (Å²) < 4.78 is 2.42. The summed E-state index contributed by atoms with van der Waals surface area (Å²) in [5.74, 6) is -0.257. The number of hydrogen-bond acceptors (Lipinski definition) is 3. The molecule has 116 valence electrons. The van der Waals surface area contributed by atoms with Crippen molar-refractivity contribution in [2.24, 2.45) is 7.05 Å². The van der Waals surface area contributed by atoms with Crippen molar-refractivity contribution in [2.75, 3.05) is 5.32 Å². The molecule has 0 radical (unpaired) electrons. The van der Waals surface area contributed by atoms with Crippen molar-refractivity contribution in [1.82, 2.24) is 4.57 Å². The van der Waals surface area contributed by atoms with Crippen LogP contribution in [0.25, 0.3) is 16.3 Å². The van der Waals surface area contributed by atoms with Gasteiger partial charge in [-0.25, -0.2) is 0 Å². The first kappa shape index (κ1) is 15.5. The zero-order chi connectivity index (χ0) is 16.4. The maximum atomic E-state index is 12.0. The van der Waals surface area contributed by atoms with Gasteiger partial charge >= 0.3 is 4.87 Å². The molecule has 0 saturated heterocycles. The molecule has 0 bridgehead atoms. The zero-order valence-electron chi connectivity index (χ0n) is 12.2. The van der Waals surface area contributed by atoms with Crippen molar-refractivity contribution in [2.45, 2.75) is 0 Å². The van der Waals surface area contributed by atoms with Gasteiger partial charge in [0, 0.05) is 23.8 Å². The van der Waals surface area contributed by atoms with Crippen LogP contribution >= 0.6 is 22.9 Å². The van der Waals surface area contributed by atoms with Crippen LogP contribution in [0.2, 0.25) is 5.02 Å². The minimum absolute atomic E-state index is 0.0258. The molecule has 0 aliphatic carbocycles. The molecule has 0 spiro atoms. The van der Waals surface area contributed by atoms with Crippen LogP contribution < -0.4 is 10.2 Å². The number of aryl methyl sites for hydroxylation is 1. The Morgan fingerprint density at radius 3 is 2.83 bits per heavy atom. The number of halogens is 1. The lowest BCUT2D eigenvalue weighted by Crippen LogP contribution is -2.08. The molecule has 1 amide bonds. The molecule has 1 aromatic heterocycles. The largest absolute Gasteiger partial charge is 0.322 e. The predicted octanol–water partition coefficient (Wildman–Crippen LogP) is 3.91. The molecular formula is C17H13ClN2O2S. The fourth-order valence-corrected chi connectivity index (χ4v) is 3.29. The second-order valence-corrected chi connectivity index (χ2v) is 6.35. The summed E-state index contributed by atoms with van der Waals surface area (Å²) in [6.45, 7) is 0. The van der Waals surface area contributed by atoms with E-state index in [1.54, 1.807) is 35.9 Å². The van der Waals surface area contributed by atoms with Crippen LogP contribution in [0, 0.1) is 0 Å². The lowest BCUT2D eigenvalue weighted by molar-refractivity contribution is -0.111. The maximum absolute atomic E-state index is 12.0. The minimum atomic E-state index is -0.257. The van der Waals surface area contributed by atoms with Crippen LogP contribution in [0.15, 0.2) is 53.3 Å². The molecule has 0 fully saturated rings. The number of nitrogens with zero attached hydrogens (tertiary/aromatic N) is 1. The quantitative estimate of drug-likeness (QED) is 0.732. The first-order valence-electron chi connectivity index (χ1n) is 6.88. The van der Waals surface area contributed by atoms with E-state index in [-0.39, 0.29) is 10.8 Å². The average Bonchev–Trinajstić information content (AvgIpc) is 2.81. The van der Waals surface area contributed by atoms with Gasteiger partial charge in [0.1, 0.15) is 0 Å². The van der Waals surface area contributed by atoms with Gasteiger partial charge in [-0.1, -0.05) is 41.1 Å². The summed E-state index contributed by atoms with van der Waals surface area (Å²) in [6.07, 6.45) is 3.09. The summed E-state index contributed by atoms with van der Waals surface area (Å²) in [5.41, 5.74) is 2.28. The van der Waals surface area contributed by atoms with Crippen molar-refractivity contribution in [1.29, 1.82) is 0 Å². The van der Waals surface area contributed by atoms with Crippen LogP contribution in [-0.2, 0) is 11.8 Å². The van der Waals surface area contributed by atoms with Gasteiger partial charge in [-0.05, 0) is 35.9 Å². The number of rotatable bonds is 3. The number of benzene rings is 2. The minimum Gasteiger partial charge on any atom is -0.322 e. The SMILES string of the molecule is Cn1c(=O)sc2cc(NC(=O)/C=C/c3ccccc3Cl)ccc21. The Balaban J connectivity index is 1.78. The van der Waals surface area contributed by atoms with E-state index in [1.807, 2.05) is 24.3 Å². The van der Waals surface area contributed by atoms with Crippen LogP contribution in [-0.4, -0.2) is 10.5 Å². The molecule has 3 aromatic rings. The third-order valence-corrected chi connectivity index (χ3v) is 4.72. The maximum Gasteiger partial charge on any atom is 0.307 e. The van der Waals surface area contributed by atoms with Crippen LogP contribution in [0.4, 0.5) is 5.69 Å². The third kappa shape index (κ3) is 3.36. The Bertz CT molecular complexity index is 972. The molecule has 0 aliphatic heterocycles. The van der Waals surface area contributed by atoms with Crippen molar-refractivity contribution in [3.05, 3.63) is 68.8 Å². The Kier molecular flexibility index (Phi) is 4.32. The van der Waals surface area contributed by atoms with Gasteiger partial charge < -0.3 is 9.88 Å².